The number of rotatable bonds is 8. The van der Waals surface area contributed by atoms with Crippen LogP contribution in [0.5, 0.6) is 0 Å². The number of benzene rings is 2. The average molecular weight is 478 g/mol. The second-order valence-corrected chi connectivity index (χ2v) is 8.48. The van der Waals surface area contributed by atoms with E-state index in [0.717, 1.165) is 0 Å². The highest BCUT2D eigenvalue weighted by Crippen LogP contribution is 2.26. The van der Waals surface area contributed by atoms with Gasteiger partial charge in [-0.15, -0.1) is 11.8 Å². The van der Waals surface area contributed by atoms with Crippen molar-refractivity contribution in [1.29, 1.82) is 0 Å². The Balaban J connectivity index is 2.12. The van der Waals surface area contributed by atoms with E-state index >= 15 is 0 Å². The predicted octanol–water partition coefficient (Wildman–Crippen LogP) is 5.18. The minimum Gasteiger partial charge on any atom is -0.357 e. The SMILES string of the molecule is CNC(=O)[C@@H](C)N(Cc1ccc(Cl)cc1Cl)C(=O)CSCc1c(F)cccc1Cl. The Hall–Kier alpha value is -1.47. The molecule has 1 atom stereocenters. The molecule has 4 nitrogen and oxygen atoms in total. The van der Waals surface area contributed by atoms with Gasteiger partial charge in [-0.1, -0.05) is 46.9 Å². The third-order valence-corrected chi connectivity index (χ3v) is 6.19. The Labute approximate surface area is 188 Å². The van der Waals surface area contributed by atoms with Crippen molar-refractivity contribution in [3.63, 3.8) is 0 Å². The van der Waals surface area contributed by atoms with Crippen LogP contribution in [0.2, 0.25) is 15.1 Å². The highest BCUT2D eigenvalue weighted by atomic mass is 35.5. The van der Waals surface area contributed by atoms with Gasteiger partial charge in [0.2, 0.25) is 11.8 Å². The van der Waals surface area contributed by atoms with Crippen LogP contribution in [0, 0.1) is 5.82 Å². The van der Waals surface area contributed by atoms with Gasteiger partial charge in [0.25, 0.3) is 0 Å². The van der Waals surface area contributed by atoms with Gasteiger partial charge in [-0.05, 0) is 36.8 Å². The second kappa shape index (κ2) is 11.1. The van der Waals surface area contributed by atoms with Crippen molar-refractivity contribution in [1.82, 2.24) is 10.2 Å². The molecule has 0 aromatic heterocycles. The zero-order valence-corrected chi connectivity index (χ0v) is 18.9. The van der Waals surface area contributed by atoms with Crippen molar-refractivity contribution < 1.29 is 14.0 Å². The maximum Gasteiger partial charge on any atom is 0.242 e. The van der Waals surface area contributed by atoms with Crippen LogP contribution in [0.1, 0.15) is 18.1 Å². The Morgan fingerprint density at radius 2 is 1.90 bits per heavy atom. The Kier molecular flexibility index (Phi) is 9.08. The molecule has 0 bridgehead atoms. The van der Waals surface area contributed by atoms with Crippen molar-refractivity contribution in [3.8, 4) is 0 Å². The summed E-state index contributed by atoms with van der Waals surface area (Å²) in [7, 11) is 1.51. The number of nitrogens with one attached hydrogen (secondary N) is 1. The van der Waals surface area contributed by atoms with E-state index in [4.69, 9.17) is 34.8 Å². The van der Waals surface area contributed by atoms with Gasteiger partial charge in [0.05, 0.1) is 5.75 Å². The number of hydrogen-bond acceptors (Lipinski definition) is 3. The molecule has 0 radical (unpaired) electrons. The predicted molar refractivity (Wildman–Crippen MR) is 118 cm³/mol. The van der Waals surface area contributed by atoms with Gasteiger partial charge in [-0.25, -0.2) is 4.39 Å². The molecule has 29 heavy (non-hydrogen) atoms. The van der Waals surface area contributed by atoms with Crippen molar-refractivity contribution in [2.75, 3.05) is 12.8 Å². The molecule has 1 N–H and O–H groups in total. The number of carbonyl (C=O) groups excluding carboxylic acids is 2. The van der Waals surface area contributed by atoms with Gasteiger partial charge in [0.1, 0.15) is 11.9 Å². The van der Waals surface area contributed by atoms with E-state index in [1.165, 1.54) is 35.8 Å². The molecule has 0 aliphatic rings. The molecule has 2 rings (SSSR count). The van der Waals surface area contributed by atoms with Crippen molar-refractivity contribution >= 4 is 58.4 Å². The van der Waals surface area contributed by atoms with Gasteiger partial charge >= 0.3 is 0 Å². The number of hydrogen-bond donors (Lipinski definition) is 1. The summed E-state index contributed by atoms with van der Waals surface area (Å²) < 4.78 is 13.9. The standard InChI is InChI=1S/C20H20Cl3FN2O2S/c1-12(20(28)25-2)26(9-13-6-7-14(21)8-17(13)23)19(27)11-29-10-15-16(22)4-3-5-18(15)24/h3-8,12H,9-11H2,1-2H3,(H,25,28)/t12-/m1/s1. The molecule has 0 spiro atoms. The van der Waals surface area contributed by atoms with E-state index in [2.05, 4.69) is 5.32 Å². The van der Waals surface area contributed by atoms with Crippen LogP contribution in [-0.2, 0) is 21.9 Å². The lowest BCUT2D eigenvalue weighted by molar-refractivity contribution is -0.138. The van der Waals surface area contributed by atoms with E-state index in [9.17, 15) is 14.0 Å². The molecule has 0 fully saturated rings. The number of nitrogens with zero attached hydrogens (tertiary/aromatic N) is 1. The molecular formula is C20H20Cl3FN2O2S. The zero-order chi connectivity index (χ0) is 21.6. The molecule has 2 aromatic rings. The minimum absolute atomic E-state index is 0.0528. The van der Waals surface area contributed by atoms with E-state index in [1.807, 2.05) is 0 Å². The van der Waals surface area contributed by atoms with Gasteiger partial charge in [-0.3, -0.25) is 9.59 Å². The highest BCUT2D eigenvalue weighted by molar-refractivity contribution is 7.99. The lowest BCUT2D eigenvalue weighted by atomic mass is 10.1. The third-order valence-electron chi connectivity index (χ3n) is 4.30. The maximum absolute atomic E-state index is 13.9. The summed E-state index contributed by atoms with van der Waals surface area (Å²) in [6, 6.07) is 8.72. The summed E-state index contributed by atoms with van der Waals surface area (Å²) in [4.78, 5) is 26.4. The molecule has 0 unspecified atom stereocenters. The van der Waals surface area contributed by atoms with Gasteiger partial charge < -0.3 is 10.2 Å². The fourth-order valence-corrected chi connectivity index (χ4v) is 4.34. The van der Waals surface area contributed by atoms with Gasteiger partial charge in [-0.2, -0.15) is 0 Å². The molecule has 2 aromatic carbocycles. The number of thioether (sulfide) groups is 1. The summed E-state index contributed by atoms with van der Waals surface area (Å²) in [6.45, 7) is 1.78. The van der Waals surface area contributed by atoms with Crippen LogP contribution in [0.15, 0.2) is 36.4 Å². The van der Waals surface area contributed by atoms with Crippen LogP contribution >= 0.6 is 46.6 Å². The molecule has 0 heterocycles. The second-order valence-electron chi connectivity index (χ2n) is 6.24. The Morgan fingerprint density at radius 3 is 2.52 bits per heavy atom. The number of amides is 2. The first-order valence-electron chi connectivity index (χ1n) is 8.70. The highest BCUT2D eigenvalue weighted by Gasteiger charge is 2.26. The summed E-state index contributed by atoms with van der Waals surface area (Å²) in [5.74, 6) is -0.700. The lowest BCUT2D eigenvalue weighted by Gasteiger charge is -2.28. The molecule has 9 heteroatoms. The lowest BCUT2D eigenvalue weighted by Crippen LogP contribution is -2.47. The molecule has 0 aliphatic carbocycles. The van der Waals surface area contributed by atoms with Crippen LogP contribution in [0.4, 0.5) is 4.39 Å². The monoisotopic (exact) mass is 476 g/mol. The minimum atomic E-state index is -0.711. The molecule has 2 amide bonds. The third kappa shape index (κ3) is 6.51. The fraction of sp³-hybridized carbons (Fsp3) is 0.300. The van der Waals surface area contributed by atoms with Crippen LogP contribution in [0.3, 0.4) is 0 Å². The van der Waals surface area contributed by atoms with E-state index < -0.39 is 11.9 Å². The average Bonchev–Trinajstić information content (AvgIpc) is 2.68. The molecular weight excluding hydrogens is 458 g/mol. The molecule has 0 saturated heterocycles. The van der Waals surface area contributed by atoms with Crippen LogP contribution < -0.4 is 5.32 Å². The van der Waals surface area contributed by atoms with Crippen molar-refractivity contribution in [2.45, 2.75) is 25.3 Å². The van der Waals surface area contributed by atoms with Crippen molar-refractivity contribution in [2.24, 2.45) is 0 Å². The quantitative estimate of drug-likeness (QED) is 0.570. The Morgan fingerprint density at radius 1 is 1.17 bits per heavy atom. The van der Waals surface area contributed by atoms with Crippen molar-refractivity contribution in [3.05, 3.63) is 68.4 Å². The summed E-state index contributed by atoms with van der Waals surface area (Å²) in [5, 5.41) is 3.75. The summed E-state index contributed by atoms with van der Waals surface area (Å²) in [5.41, 5.74) is 1.01. The van der Waals surface area contributed by atoms with Crippen LogP contribution in [-0.4, -0.2) is 35.6 Å². The molecule has 0 aliphatic heterocycles. The smallest absolute Gasteiger partial charge is 0.242 e. The van der Waals surface area contributed by atoms with Gasteiger partial charge in [0.15, 0.2) is 0 Å². The summed E-state index contributed by atoms with van der Waals surface area (Å²) in [6.07, 6.45) is 0. The van der Waals surface area contributed by atoms with Crippen LogP contribution in [0.25, 0.3) is 0 Å². The first-order valence-corrected chi connectivity index (χ1v) is 11.0. The van der Waals surface area contributed by atoms with Gasteiger partial charge in [0, 0.05) is 40.0 Å². The Bertz CT molecular complexity index is 878. The normalized spacial score (nSPS) is 11.8. The fourth-order valence-electron chi connectivity index (χ4n) is 2.62. The first-order chi connectivity index (χ1) is 13.7. The largest absolute Gasteiger partial charge is 0.357 e. The van der Waals surface area contributed by atoms with E-state index in [1.54, 1.807) is 31.2 Å². The topological polar surface area (TPSA) is 49.4 Å². The first kappa shape index (κ1) is 23.8. The molecule has 0 saturated carbocycles. The van der Waals surface area contributed by atoms with E-state index in [-0.39, 0.29) is 29.9 Å². The molecule has 156 valence electrons. The van der Waals surface area contributed by atoms with E-state index in [0.29, 0.717) is 26.2 Å². The summed E-state index contributed by atoms with van der Waals surface area (Å²) >= 11 is 19.4. The number of halogens is 4. The number of likely N-dealkylation sites (N-methyl/N-ethyl adjacent to an activating group) is 1. The number of carbonyl (C=O) groups is 2. The maximum atomic E-state index is 13.9. The zero-order valence-electron chi connectivity index (χ0n) is 15.8.